The van der Waals surface area contributed by atoms with Crippen LogP contribution in [0.4, 0.5) is 5.69 Å². The van der Waals surface area contributed by atoms with E-state index in [9.17, 15) is 9.59 Å². The zero-order valence-corrected chi connectivity index (χ0v) is 12.9. The molecule has 0 aliphatic rings. The van der Waals surface area contributed by atoms with Crippen molar-refractivity contribution >= 4 is 17.4 Å². The Morgan fingerprint density at radius 1 is 1.17 bits per heavy atom. The zero-order chi connectivity index (χ0) is 16.8. The quantitative estimate of drug-likeness (QED) is 0.860. The topological polar surface area (TPSA) is 79.2 Å². The number of hydrogen-bond donors (Lipinski definition) is 1. The SMILES string of the molecule is CC(=O)c1ccccc1NC(=O)[C@H](C)Oc1cccc(C#N)c1. The summed E-state index contributed by atoms with van der Waals surface area (Å²) in [5, 5.41) is 11.6. The van der Waals surface area contributed by atoms with Crippen LogP contribution in [0.1, 0.15) is 29.8 Å². The first-order chi connectivity index (χ1) is 11.0. The van der Waals surface area contributed by atoms with E-state index >= 15 is 0 Å². The molecule has 23 heavy (non-hydrogen) atoms. The molecule has 0 unspecified atom stereocenters. The molecule has 2 rings (SSSR count). The van der Waals surface area contributed by atoms with Gasteiger partial charge in [-0.25, -0.2) is 0 Å². The molecule has 2 aromatic rings. The van der Waals surface area contributed by atoms with Gasteiger partial charge in [0.2, 0.25) is 0 Å². The van der Waals surface area contributed by atoms with E-state index in [-0.39, 0.29) is 11.7 Å². The van der Waals surface area contributed by atoms with Gasteiger partial charge in [-0.3, -0.25) is 9.59 Å². The highest BCUT2D eigenvalue weighted by atomic mass is 16.5. The fourth-order valence-corrected chi connectivity index (χ4v) is 2.03. The molecule has 5 heteroatoms. The number of Topliss-reactive ketones (excluding diaryl/α,β-unsaturated/α-hetero) is 1. The standard InChI is InChI=1S/C18H16N2O3/c1-12(21)16-8-3-4-9-17(16)20-18(22)13(2)23-15-7-5-6-14(10-15)11-19/h3-10,13H,1-2H3,(H,20,22)/t13-/m0/s1. The number of nitrogens with zero attached hydrogens (tertiary/aromatic N) is 1. The summed E-state index contributed by atoms with van der Waals surface area (Å²) in [6, 6.07) is 15.4. The molecule has 0 bridgehead atoms. The van der Waals surface area contributed by atoms with Gasteiger partial charge in [0.25, 0.3) is 5.91 Å². The first-order valence-electron chi connectivity index (χ1n) is 7.09. The molecule has 0 saturated heterocycles. The van der Waals surface area contributed by atoms with Crippen LogP contribution in [0.15, 0.2) is 48.5 Å². The van der Waals surface area contributed by atoms with Crippen molar-refractivity contribution in [2.75, 3.05) is 5.32 Å². The van der Waals surface area contributed by atoms with Gasteiger partial charge >= 0.3 is 0 Å². The van der Waals surface area contributed by atoms with E-state index in [1.54, 1.807) is 55.5 Å². The number of anilines is 1. The van der Waals surface area contributed by atoms with Crippen LogP contribution < -0.4 is 10.1 Å². The maximum absolute atomic E-state index is 12.2. The largest absolute Gasteiger partial charge is 0.481 e. The summed E-state index contributed by atoms with van der Waals surface area (Å²) in [4.78, 5) is 23.8. The Hall–Kier alpha value is -3.13. The number of nitriles is 1. The minimum Gasteiger partial charge on any atom is -0.481 e. The second-order valence-corrected chi connectivity index (χ2v) is 4.99. The molecule has 0 aliphatic carbocycles. The number of nitrogens with one attached hydrogen (secondary N) is 1. The predicted molar refractivity (Wildman–Crippen MR) is 86.3 cm³/mol. The summed E-state index contributed by atoms with van der Waals surface area (Å²) < 4.78 is 5.54. The van der Waals surface area contributed by atoms with E-state index in [0.717, 1.165) is 0 Å². The van der Waals surface area contributed by atoms with Crippen molar-refractivity contribution < 1.29 is 14.3 Å². The van der Waals surface area contributed by atoms with E-state index in [4.69, 9.17) is 10.00 Å². The number of benzene rings is 2. The van der Waals surface area contributed by atoms with Crippen molar-refractivity contribution in [3.8, 4) is 11.8 Å². The second-order valence-electron chi connectivity index (χ2n) is 4.99. The fraction of sp³-hybridized carbons (Fsp3) is 0.167. The highest BCUT2D eigenvalue weighted by Gasteiger charge is 2.17. The van der Waals surface area contributed by atoms with Crippen LogP contribution in [0.3, 0.4) is 0 Å². The first-order valence-corrected chi connectivity index (χ1v) is 7.09. The van der Waals surface area contributed by atoms with E-state index in [1.807, 2.05) is 6.07 Å². The third-order valence-corrected chi connectivity index (χ3v) is 3.21. The number of rotatable bonds is 5. The molecule has 1 N–H and O–H groups in total. The molecule has 0 aliphatic heterocycles. The maximum Gasteiger partial charge on any atom is 0.265 e. The molecule has 0 fully saturated rings. The lowest BCUT2D eigenvalue weighted by molar-refractivity contribution is -0.122. The normalized spacial score (nSPS) is 11.2. The van der Waals surface area contributed by atoms with Crippen molar-refractivity contribution in [3.63, 3.8) is 0 Å². The van der Waals surface area contributed by atoms with Crippen LogP contribution in [-0.2, 0) is 4.79 Å². The average Bonchev–Trinajstić information content (AvgIpc) is 2.55. The minimum atomic E-state index is -0.774. The van der Waals surface area contributed by atoms with Gasteiger partial charge in [-0.2, -0.15) is 5.26 Å². The lowest BCUT2D eigenvalue weighted by Gasteiger charge is -2.16. The van der Waals surface area contributed by atoms with Gasteiger partial charge < -0.3 is 10.1 Å². The highest BCUT2D eigenvalue weighted by molar-refractivity contribution is 6.04. The van der Waals surface area contributed by atoms with E-state index in [0.29, 0.717) is 22.6 Å². The Morgan fingerprint density at radius 3 is 2.61 bits per heavy atom. The smallest absolute Gasteiger partial charge is 0.265 e. The number of amides is 1. The number of para-hydroxylation sites is 1. The van der Waals surface area contributed by atoms with Gasteiger partial charge in [-0.05, 0) is 44.2 Å². The van der Waals surface area contributed by atoms with Crippen LogP contribution in [0.5, 0.6) is 5.75 Å². The van der Waals surface area contributed by atoms with Gasteiger partial charge in [-0.15, -0.1) is 0 Å². The summed E-state index contributed by atoms with van der Waals surface area (Å²) in [5.74, 6) is -0.0659. The number of carbonyl (C=O) groups is 2. The predicted octanol–water partition coefficient (Wildman–Crippen LogP) is 3.17. The number of carbonyl (C=O) groups excluding carboxylic acids is 2. The molecule has 0 aromatic heterocycles. The zero-order valence-electron chi connectivity index (χ0n) is 12.9. The van der Waals surface area contributed by atoms with Crippen LogP contribution >= 0.6 is 0 Å². The van der Waals surface area contributed by atoms with Crippen LogP contribution in [0.25, 0.3) is 0 Å². The first kappa shape index (κ1) is 16.2. The second kappa shape index (κ2) is 7.23. The summed E-state index contributed by atoms with van der Waals surface area (Å²) in [6.45, 7) is 3.04. The van der Waals surface area contributed by atoms with E-state index in [1.165, 1.54) is 6.92 Å². The number of hydrogen-bond acceptors (Lipinski definition) is 4. The van der Waals surface area contributed by atoms with Gasteiger partial charge in [0.05, 0.1) is 17.3 Å². The van der Waals surface area contributed by atoms with E-state index in [2.05, 4.69) is 5.32 Å². The molecule has 2 aromatic carbocycles. The van der Waals surface area contributed by atoms with Crippen LogP contribution in [0.2, 0.25) is 0 Å². The average molecular weight is 308 g/mol. The molecule has 1 amide bonds. The minimum absolute atomic E-state index is 0.129. The Bertz CT molecular complexity index is 778. The number of ether oxygens (including phenoxy) is 1. The van der Waals surface area contributed by atoms with Gasteiger partial charge in [0.15, 0.2) is 11.9 Å². The third-order valence-electron chi connectivity index (χ3n) is 3.21. The lowest BCUT2D eigenvalue weighted by atomic mass is 10.1. The van der Waals surface area contributed by atoms with Crippen molar-refractivity contribution in [3.05, 3.63) is 59.7 Å². The van der Waals surface area contributed by atoms with Gasteiger partial charge in [0.1, 0.15) is 5.75 Å². The molecule has 5 nitrogen and oxygen atoms in total. The van der Waals surface area contributed by atoms with Crippen molar-refractivity contribution in [2.24, 2.45) is 0 Å². The monoisotopic (exact) mass is 308 g/mol. The summed E-state index contributed by atoms with van der Waals surface area (Å²) in [6.07, 6.45) is -0.774. The molecule has 0 heterocycles. The molecule has 0 spiro atoms. The van der Waals surface area contributed by atoms with Crippen LogP contribution in [0, 0.1) is 11.3 Å². The Labute approximate surface area is 134 Å². The Balaban J connectivity index is 2.09. The van der Waals surface area contributed by atoms with E-state index < -0.39 is 6.10 Å². The summed E-state index contributed by atoms with van der Waals surface area (Å²) in [5.41, 5.74) is 1.35. The van der Waals surface area contributed by atoms with Crippen molar-refractivity contribution in [2.45, 2.75) is 20.0 Å². The molecule has 0 saturated carbocycles. The van der Waals surface area contributed by atoms with Gasteiger partial charge in [-0.1, -0.05) is 18.2 Å². The molecule has 116 valence electrons. The number of ketones is 1. The summed E-state index contributed by atoms with van der Waals surface area (Å²) >= 11 is 0. The maximum atomic E-state index is 12.2. The highest BCUT2D eigenvalue weighted by Crippen LogP contribution is 2.18. The Morgan fingerprint density at radius 2 is 1.91 bits per heavy atom. The van der Waals surface area contributed by atoms with Crippen molar-refractivity contribution in [1.82, 2.24) is 0 Å². The molecular weight excluding hydrogens is 292 g/mol. The molecule has 1 atom stereocenters. The Kier molecular flexibility index (Phi) is 5.11. The third kappa shape index (κ3) is 4.17. The van der Waals surface area contributed by atoms with Crippen molar-refractivity contribution in [1.29, 1.82) is 5.26 Å². The van der Waals surface area contributed by atoms with Crippen LogP contribution in [-0.4, -0.2) is 17.8 Å². The summed E-state index contributed by atoms with van der Waals surface area (Å²) in [7, 11) is 0. The fourth-order valence-electron chi connectivity index (χ4n) is 2.03. The molecule has 0 radical (unpaired) electrons. The van der Waals surface area contributed by atoms with Gasteiger partial charge in [0, 0.05) is 5.56 Å². The lowest BCUT2D eigenvalue weighted by Crippen LogP contribution is -2.30. The molecular formula is C18H16N2O3.